The van der Waals surface area contributed by atoms with Crippen molar-refractivity contribution in [2.24, 2.45) is 0 Å². The smallest absolute Gasteiger partial charge is 0.0662 e. The molecule has 0 atom stereocenters. The van der Waals surface area contributed by atoms with Crippen LogP contribution in [0.1, 0.15) is 35.1 Å². The maximum atomic E-state index is 7.62. The standard InChI is InChI=1S/C2H6O2.2C2H6.C2H4.CH4.I2/c3-1-2-4;3*1-2;;1-2/h3-4H,1-2H2;2*1-2H3;1-2H2;1H4;. The molecule has 0 fully saturated rings. The number of rotatable bonds is 1. The van der Waals surface area contributed by atoms with Gasteiger partial charge in [0.05, 0.1) is 13.2 Å². The van der Waals surface area contributed by atoms with Crippen molar-refractivity contribution in [3.8, 4) is 0 Å². The molecule has 0 aliphatic carbocycles. The molecule has 0 bridgehead atoms. The molecule has 0 heterocycles. The number of halogens is 2. The minimum absolute atomic E-state index is 0. The van der Waals surface area contributed by atoms with Gasteiger partial charge in [-0.05, 0) is 0 Å². The van der Waals surface area contributed by atoms with Crippen molar-refractivity contribution in [2.75, 3.05) is 13.2 Å². The first-order chi connectivity index (χ1) is 5.91. The Morgan fingerprint density at radius 2 is 0.923 bits per heavy atom. The monoisotopic (exact) mass is 420 g/mol. The molecular formula is C9H26I2O2. The molecule has 0 aliphatic rings. The Labute approximate surface area is 108 Å². The molecule has 0 aromatic rings. The van der Waals surface area contributed by atoms with E-state index in [2.05, 4.69) is 50.4 Å². The molecule has 0 spiro atoms. The Morgan fingerprint density at radius 1 is 0.846 bits per heavy atom. The second-order valence-electron chi connectivity index (χ2n) is 0.447. The van der Waals surface area contributed by atoms with E-state index in [-0.39, 0.29) is 20.6 Å². The van der Waals surface area contributed by atoms with Gasteiger partial charge in [-0.1, -0.05) is 35.1 Å². The van der Waals surface area contributed by atoms with Gasteiger partial charge in [-0.25, -0.2) is 0 Å². The van der Waals surface area contributed by atoms with Gasteiger partial charge < -0.3 is 10.2 Å². The van der Waals surface area contributed by atoms with Crippen LogP contribution in [0.25, 0.3) is 0 Å². The van der Waals surface area contributed by atoms with E-state index in [0.717, 1.165) is 0 Å². The van der Waals surface area contributed by atoms with Crippen LogP contribution in [0.2, 0.25) is 0 Å². The lowest BCUT2D eigenvalue weighted by Gasteiger charge is -1.70. The lowest BCUT2D eigenvalue weighted by molar-refractivity contribution is 0.186. The first kappa shape index (κ1) is 36.9. The third-order valence-corrected chi connectivity index (χ3v) is 0.1000. The third-order valence-electron chi connectivity index (χ3n) is 0.1000. The SMILES string of the molecule is C.C=C.CC.CC.II.OCCO. The van der Waals surface area contributed by atoms with Crippen molar-refractivity contribution >= 4 is 37.2 Å². The fourth-order valence-electron chi connectivity index (χ4n) is 0. The van der Waals surface area contributed by atoms with Crippen molar-refractivity contribution in [1.29, 1.82) is 0 Å². The summed E-state index contributed by atoms with van der Waals surface area (Å²) in [4.78, 5) is 0. The van der Waals surface area contributed by atoms with Crippen LogP contribution in [-0.4, -0.2) is 23.4 Å². The van der Waals surface area contributed by atoms with E-state index in [0.29, 0.717) is 0 Å². The molecule has 0 unspecified atom stereocenters. The Hall–Kier alpha value is 1.12. The first-order valence-corrected chi connectivity index (χ1v) is 10.1. The van der Waals surface area contributed by atoms with E-state index >= 15 is 0 Å². The predicted molar refractivity (Wildman–Crippen MR) is 82.9 cm³/mol. The zero-order chi connectivity index (χ0) is 11.4. The van der Waals surface area contributed by atoms with Crippen LogP contribution in [0.5, 0.6) is 0 Å². The predicted octanol–water partition coefficient (Wildman–Crippen LogP) is 4.23. The van der Waals surface area contributed by atoms with Gasteiger partial charge in [0.2, 0.25) is 0 Å². The molecule has 0 saturated heterocycles. The van der Waals surface area contributed by atoms with Crippen molar-refractivity contribution in [3.05, 3.63) is 13.2 Å². The molecule has 0 aliphatic heterocycles. The van der Waals surface area contributed by atoms with Gasteiger partial charge in [-0.3, -0.25) is 0 Å². The maximum Gasteiger partial charge on any atom is 0.0662 e. The fraction of sp³-hybridized carbons (Fsp3) is 0.778. The fourth-order valence-corrected chi connectivity index (χ4v) is 0. The quantitative estimate of drug-likeness (QED) is 0.493. The molecule has 0 saturated carbocycles. The number of aliphatic hydroxyl groups excluding tert-OH is 2. The van der Waals surface area contributed by atoms with E-state index < -0.39 is 0 Å². The van der Waals surface area contributed by atoms with E-state index in [1.165, 1.54) is 0 Å². The summed E-state index contributed by atoms with van der Waals surface area (Å²) in [5.41, 5.74) is 0. The summed E-state index contributed by atoms with van der Waals surface area (Å²) >= 11 is 4.24. The number of hydrogen-bond acceptors (Lipinski definition) is 2. The second-order valence-corrected chi connectivity index (χ2v) is 0.447. The lowest BCUT2D eigenvalue weighted by atomic mass is 10.8. The van der Waals surface area contributed by atoms with Crippen molar-refractivity contribution in [2.45, 2.75) is 35.1 Å². The van der Waals surface area contributed by atoms with Gasteiger partial charge in [0.25, 0.3) is 0 Å². The Kier molecular flexibility index (Phi) is 561. The summed E-state index contributed by atoms with van der Waals surface area (Å²) in [6.07, 6.45) is 0. The second kappa shape index (κ2) is 198. The van der Waals surface area contributed by atoms with Crippen LogP contribution in [0.15, 0.2) is 13.2 Å². The molecule has 2 nitrogen and oxygen atoms in total. The summed E-state index contributed by atoms with van der Waals surface area (Å²) in [5.74, 6) is 0. The van der Waals surface area contributed by atoms with Crippen LogP contribution < -0.4 is 0 Å². The van der Waals surface area contributed by atoms with E-state index in [9.17, 15) is 0 Å². The topological polar surface area (TPSA) is 40.5 Å². The van der Waals surface area contributed by atoms with E-state index in [4.69, 9.17) is 10.2 Å². The molecule has 2 N–H and O–H groups in total. The minimum Gasteiger partial charge on any atom is -0.394 e. The Balaban J connectivity index is -0.0000000122. The molecule has 0 aromatic carbocycles. The van der Waals surface area contributed by atoms with Crippen molar-refractivity contribution < 1.29 is 10.2 Å². The highest BCUT2D eigenvalue weighted by molar-refractivity contribution is 15.0. The minimum atomic E-state index is -0.125. The maximum absolute atomic E-state index is 7.62. The molecule has 0 amide bonds. The molecule has 0 radical (unpaired) electrons. The van der Waals surface area contributed by atoms with Gasteiger partial charge in [0, 0.05) is 37.2 Å². The summed E-state index contributed by atoms with van der Waals surface area (Å²) in [6, 6.07) is 0. The van der Waals surface area contributed by atoms with Crippen LogP contribution in [-0.2, 0) is 0 Å². The highest BCUT2D eigenvalue weighted by atomic mass is 128. The molecular weight excluding hydrogens is 394 g/mol. The summed E-state index contributed by atoms with van der Waals surface area (Å²) in [6.45, 7) is 13.8. The summed E-state index contributed by atoms with van der Waals surface area (Å²) in [5, 5.41) is 15.2. The molecule has 13 heavy (non-hydrogen) atoms. The molecule has 4 heteroatoms. The van der Waals surface area contributed by atoms with Gasteiger partial charge in [0.15, 0.2) is 0 Å². The van der Waals surface area contributed by atoms with Crippen molar-refractivity contribution in [3.63, 3.8) is 0 Å². The third kappa shape index (κ3) is 361. The van der Waals surface area contributed by atoms with Crippen LogP contribution in [0.3, 0.4) is 0 Å². The van der Waals surface area contributed by atoms with Crippen molar-refractivity contribution in [1.82, 2.24) is 0 Å². The van der Waals surface area contributed by atoms with Crippen LogP contribution in [0, 0.1) is 0 Å². The van der Waals surface area contributed by atoms with Crippen LogP contribution in [0.4, 0.5) is 0 Å². The summed E-state index contributed by atoms with van der Waals surface area (Å²) in [7, 11) is 0. The molecule has 88 valence electrons. The molecule has 0 rings (SSSR count). The highest BCUT2D eigenvalue weighted by Crippen LogP contribution is 1.89. The Bertz CT molecular complexity index is 23.1. The Morgan fingerprint density at radius 3 is 0.923 bits per heavy atom. The first-order valence-electron chi connectivity index (χ1n) is 3.78. The van der Waals surface area contributed by atoms with E-state index in [1.807, 2.05) is 27.7 Å². The average Bonchev–Trinajstić information content (AvgIpc) is 2.29. The average molecular weight is 420 g/mol. The number of aliphatic hydroxyl groups is 2. The van der Waals surface area contributed by atoms with E-state index in [1.54, 1.807) is 0 Å². The number of hydrogen-bond donors (Lipinski definition) is 2. The van der Waals surface area contributed by atoms with Gasteiger partial charge in [-0.15, -0.1) is 13.2 Å². The van der Waals surface area contributed by atoms with Gasteiger partial charge in [-0.2, -0.15) is 0 Å². The van der Waals surface area contributed by atoms with Crippen LogP contribution >= 0.6 is 37.2 Å². The van der Waals surface area contributed by atoms with Gasteiger partial charge in [0.1, 0.15) is 0 Å². The van der Waals surface area contributed by atoms with Gasteiger partial charge >= 0.3 is 0 Å². The largest absolute Gasteiger partial charge is 0.394 e. The lowest BCUT2D eigenvalue weighted by Crippen LogP contribution is -1.85. The zero-order valence-electron chi connectivity index (χ0n) is 8.48. The normalized spacial score (nSPS) is 4.00. The summed E-state index contributed by atoms with van der Waals surface area (Å²) < 4.78 is 0. The highest BCUT2D eigenvalue weighted by Gasteiger charge is 1.58. The molecule has 0 aromatic heterocycles. The zero-order valence-corrected chi connectivity index (χ0v) is 12.8.